The minimum Gasteiger partial charge on any atom is -0.497 e. The Morgan fingerprint density at radius 2 is 1.70 bits per heavy atom. The smallest absolute Gasteiger partial charge is 0.271 e. The Labute approximate surface area is 191 Å². The summed E-state index contributed by atoms with van der Waals surface area (Å²) in [5, 5.41) is 5.15. The summed E-state index contributed by atoms with van der Waals surface area (Å²) < 4.78 is 26.7. The van der Waals surface area contributed by atoms with Crippen LogP contribution in [0.5, 0.6) is 11.5 Å². The van der Waals surface area contributed by atoms with Crippen LogP contribution in [0, 0.1) is 12.7 Å². The molecule has 0 spiro atoms. The second-order valence-electron chi connectivity index (χ2n) is 7.49. The van der Waals surface area contributed by atoms with E-state index in [9.17, 15) is 9.18 Å². The van der Waals surface area contributed by atoms with E-state index in [1.807, 2.05) is 41.8 Å². The lowest BCUT2D eigenvalue weighted by atomic mass is 10.1. The van der Waals surface area contributed by atoms with Crippen molar-refractivity contribution < 1.29 is 18.7 Å². The van der Waals surface area contributed by atoms with Gasteiger partial charge in [-0.15, -0.1) is 0 Å². The molecule has 0 atom stereocenters. The summed E-state index contributed by atoms with van der Waals surface area (Å²) >= 11 is 0. The summed E-state index contributed by atoms with van der Waals surface area (Å²) in [5.74, 6) is 0.383. The Hall–Kier alpha value is -4.13. The fourth-order valence-corrected chi connectivity index (χ4v) is 3.78. The molecule has 7 heteroatoms. The quantitative estimate of drug-likeness (QED) is 0.324. The van der Waals surface area contributed by atoms with Gasteiger partial charge >= 0.3 is 0 Å². The van der Waals surface area contributed by atoms with E-state index in [-0.39, 0.29) is 5.82 Å². The van der Waals surface area contributed by atoms with Crippen LogP contribution < -0.4 is 14.9 Å². The topological polar surface area (TPSA) is 64.8 Å². The number of rotatable bonds is 7. The Bertz CT molecular complexity index is 1320. The van der Waals surface area contributed by atoms with Crippen molar-refractivity contribution in [1.29, 1.82) is 0 Å². The SMILES string of the molecule is COc1cc(OC)cc(C(=O)N/N=C\c2c(C)n(Cc3ccccc3F)c3ccccc23)c1. The molecule has 33 heavy (non-hydrogen) atoms. The van der Waals surface area contributed by atoms with Gasteiger partial charge in [0.2, 0.25) is 0 Å². The van der Waals surface area contributed by atoms with E-state index >= 15 is 0 Å². The molecule has 0 aliphatic carbocycles. The summed E-state index contributed by atoms with van der Waals surface area (Å²) in [4.78, 5) is 12.6. The highest BCUT2D eigenvalue weighted by Crippen LogP contribution is 2.26. The van der Waals surface area contributed by atoms with Crippen molar-refractivity contribution in [3.05, 3.63) is 94.9 Å². The molecule has 4 rings (SSSR count). The zero-order valence-electron chi connectivity index (χ0n) is 18.6. The average Bonchev–Trinajstić information content (AvgIpc) is 3.11. The molecule has 168 valence electrons. The normalized spacial score (nSPS) is 11.2. The summed E-state index contributed by atoms with van der Waals surface area (Å²) in [7, 11) is 3.04. The third-order valence-corrected chi connectivity index (χ3v) is 5.54. The molecule has 1 amide bonds. The van der Waals surface area contributed by atoms with Crippen molar-refractivity contribution in [1.82, 2.24) is 9.99 Å². The zero-order chi connectivity index (χ0) is 23.4. The number of aromatic nitrogens is 1. The first-order valence-corrected chi connectivity index (χ1v) is 10.4. The van der Waals surface area contributed by atoms with Gasteiger partial charge in [0.25, 0.3) is 5.91 Å². The molecule has 0 saturated heterocycles. The molecular formula is C26H24FN3O3. The molecule has 4 aromatic rings. The summed E-state index contributed by atoms with van der Waals surface area (Å²) in [6.07, 6.45) is 1.62. The molecule has 0 aliphatic heterocycles. The van der Waals surface area contributed by atoms with Crippen molar-refractivity contribution in [3.8, 4) is 11.5 Å². The Balaban J connectivity index is 1.62. The summed E-state index contributed by atoms with van der Waals surface area (Å²) in [6, 6.07) is 19.5. The first-order valence-electron chi connectivity index (χ1n) is 10.4. The van der Waals surface area contributed by atoms with Gasteiger partial charge in [-0.2, -0.15) is 5.10 Å². The lowest BCUT2D eigenvalue weighted by molar-refractivity contribution is 0.0954. The van der Waals surface area contributed by atoms with Gasteiger partial charge in [0.15, 0.2) is 0 Å². The molecule has 0 fully saturated rings. The molecule has 1 N–H and O–H groups in total. The highest BCUT2D eigenvalue weighted by Gasteiger charge is 2.14. The number of benzene rings is 3. The van der Waals surface area contributed by atoms with Gasteiger partial charge in [0.05, 0.1) is 27.0 Å². The maximum Gasteiger partial charge on any atom is 0.271 e. The molecule has 1 heterocycles. The van der Waals surface area contributed by atoms with Crippen molar-refractivity contribution in [2.24, 2.45) is 5.10 Å². The van der Waals surface area contributed by atoms with E-state index < -0.39 is 5.91 Å². The molecular weight excluding hydrogens is 421 g/mol. The van der Waals surface area contributed by atoms with Gasteiger partial charge in [-0.1, -0.05) is 36.4 Å². The van der Waals surface area contributed by atoms with Gasteiger partial charge < -0.3 is 14.0 Å². The molecule has 0 radical (unpaired) electrons. The van der Waals surface area contributed by atoms with Crippen LogP contribution >= 0.6 is 0 Å². The van der Waals surface area contributed by atoms with E-state index in [0.29, 0.717) is 29.2 Å². The highest BCUT2D eigenvalue weighted by molar-refractivity contribution is 6.02. The number of ether oxygens (including phenoxy) is 2. The fraction of sp³-hybridized carbons (Fsp3) is 0.154. The number of nitrogens with one attached hydrogen (secondary N) is 1. The second kappa shape index (κ2) is 9.56. The maximum absolute atomic E-state index is 14.3. The van der Waals surface area contributed by atoms with Gasteiger partial charge in [-0.25, -0.2) is 9.82 Å². The third-order valence-electron chi connectivity index (χ3n) is 5.54. The van der Waals surface area contributed by atoms with Crippen LogP contribution in [0.2, 0.25) is 0 Å². The number of para-hydroxylation sites is 1. The van der Waals surface area contributed by atoms with Crippen molar-refractivity contribution >= 4 is 23.0 Å². The van der Waals surface area contributed by atoms with Gasteiger partial charge in [0, 0.05) is 39.4 Å². The van der Waals surface area contributed by atoms with Crippen molar-refractivity contribution in [2.45, 2.75) is 13.5 Å². The first-order chi connectivity index (χ1) is 16.0. The molecule has 1 aromatic heterocycles. The molecule has 0 aliphatic rings. The molecule has 0 bridgehead atoms. The lowest BCUT2D eigenvalue weighted by Crippen LogP contribution is -2.17. The number of hydrogen-bond acceptors (Lipinski definition) is 4. The molecule has 0 unspecified atom stereocenters. The van der Waals surface area contributed by atoms with Crippen molar-refractivity contribution in [3.63, 3.8) is 0 Å². The van der Waals surface area contributed by atoms with Crippen LogP contribution in [0.15, 0.2) is 71.8 Å². The van der Waals surface area contributed by atoms with Crippen LogP contribution in [0.25, 0.3) is 10.9 Å². The maximum atomic E-state index is 14.3. The second-order valence-corrected chi connectivity index (χ2v) is 7.49. The van der Waals surface area contributed by atoms with Crippen LogP contribution in [0.1, 0.15) is 27.2 Å². The van der Waals surface area contributed by atoms with E-state index in [1.54, 1.807) is 36.5 Å². The number of hydrogen-bond donors (Lipinski definition) is 1. The number of carbonyl (C=O) groups excluding carboxylic acids is 1. The number of methoxy groups -OCH3 is 2. The van der Waals surface area contributed by atoms with Crippen LogP contribution in [0.3, 0.4) is 0 Å². The Morgan fingerprint density at radius 3 is 2.39 bits per heavy atom. The van der Waals surface area contributed by atoms with E-state index in [0.717, 1.165) is 22.2 Å². The third kappa shape index (κ3) is 4.57. The summed E-state index contributed by atoms with van der Waals surface area (Å²) in [6.45, 7) is 2.35. The fourth-order valence-electron chi connectivity index (χ4n) is 3.78. The predicted molar refractivity (Wildman–Crippen MR) is 127 cm³/mol. The average molecular weight is 445 g/mol. The van der Waals surface area contributed by atoms with E-state index in [4.69, 9.17) is 9.47 Å². The van der Waals surface area contributed by atoms with Gasteiger partial charge in [-0.3, -0.25) is 4.79 Å². The predicted octanol–water partition coefficient (Wildman–Crippen LogP) is 4.92. The number of halogens is 1. The number of hydrazone groups is 1. The van der Waals surface area contributed by atoms with Crippen molar-refractivity contribution in [2.75, 3.05) is 14.2 Å². The zero-order valence-corrected chi connectivity index (χ0v) is 18.6. The van der Waals surface area contributed by atoms with Crippen LogP contribution in [0.4, 0.5) is 4.39 Å². The van der Waals surface area contributed by atoms with Crippen LogP contribution in [-0.2, 0) is 6.54 Å². The standard InChI is InChI=1S/C26H24FN3O3/c1-17-23(15-28-29-26(31)19-12-20(32-2)14-21(13-19)33-3)22-9-5-7-11-25(22)30(17)16-18-8-4-6-10-24(18)27/h4-15H,16H2,1-3H3,(H,29,31)/b28-15-. The minimum atomic E-state index is -0.392. The van der Waals surface area contributed by atoms with Gasteiger partial charge in [0.1, 0.15) is 17.3 Å². The monoisotopic (exact) mass is 445 g/mol. The van der Waals surface area contributed by atoms with E-state index in [2.05, 4.69) is 10.5 Å². The van der Waals surface area contributed by atoms with E-state index in [1.165, 1.54) is 20.3 Å². The number of nitrogens with zero attached hydrogens (tertiary/aromatic N) is 2. The highest BCUT2D eigenvalue weighted by atomic mass is 19.1. The Morgan fingerprint density at radius 1 is 1.03 bits per heavy atom. The molecule has 6 nitrogen and oxygen atoms in total. The first kappa shape index (κ1) is 22.1. The molecule has 0 saturated carbocycles. The number of fused-ring (bicyclic) bond motifs is 1. The number of carbonyl (C=O) groups is 1. The minimum absolute atomic E-state index is 0.245. The molecule has 3 aromatic carbocycles. The lowest BCUT2D eigenvalue weighted by Gasteiger charge is -2.09. The Kier molecular flexibility index (Phi) is 6.40. The number of amides is 1. The van der Waals surface area contributed by atoms with Crippen LogP contribution in [-0.4, -0.2) is 30.9 Å². The summed E-state index contributed by atoms with van der Waals surface area (Å²) in [5.41, 5.74) is 6.26. The largest absolute Gasteiger partial charge is 0.497 e. The van der Waals surface area contributed by atoms with Gasteiger partial charge in [-0.05, 0) is 31.2 Å².